The van der Waals surface area contributed by atoms with E-state index in [4.69, 9.17) is 15.8 Å². The molecule has 7 heteroatoms. The van der Waals surface area contributed by atoms with E-state index in [1.165, 1.54) is 0 Å². The summed E-state index contributed by atoms with van der Waals surface area (Å²) in [6.07, 6.45) is 1.94. The van der Waals surface area contributed by atoms with Gasteiger partial charge in [0.25, 0.3) is 0 Å². The minimum Gasteiger partial charge on any atom is -0.465 e. The van der Waals surface area contributed by atoms with Crippen molar-refractivity contribution >= 4 is 17.8 Å². The average Bonchev–Trinajstić information content (AvgIpc) is 2.68. The summed E-state index contributed by atoms with van der Waals surface area (Å²) in [7, 11) is 0. The van der Waals surface area contributed by atoms with Gasteiger partial charge < -0.3 is 21.1 Å². The highest BCUT2D eigenvalue weighted by Gasteiger charge is 2.20. The van der Waals surface area contributed by atoms with Gasteiger partial charge in [-0.25, -0.2) is 9.78 Å². The van der Waals surface area contributed by atoms with Crippen LogP contribution in [0.15, 0.2) is 42.5 Å². The molecule has 2 heterocycles. The summed E-state index contributed by atoms with van der Waals surface area (Å²) in [6.45, 7) is 2.30. The highest BCUT2D eigenvalue weighted by atomic mass is 16.4. The Bertz CT molecular complexity index is 816. The summed E-state index contributed by atoms with van der Waals surface area (Å²) in [6, 6.07) is 13.1. The number of nitrogens with zero attached hydrogens (tertiary/aromatic N) is 2. The van der Waals surface area contributed by atoms with Crippen molar-refractivity contribution in [2.45, 2.75) is 19.3 Å². The molecule has 1 saturated heterocycles. The number of carbonyl (C=O) groups excluding carboxylic acids is 1. The van der Waals surface area contributed by atoms with Crippen LogP contribution in [0, 0.1) is 5.92 Å². The van der Waals surface area contributed by atoms with Gasteiger partial charge >= 0.3 is 6.09 Å². The van der Waals surface area contributed by atoms with E-state index >= 15 is 0 Å². The fourth-order valence-electron chi connectivity index (χ4n) is 3.43. The Balaban J connectivity index is 1.64. The third kappa shape index (κ3) is 4.97. The van der Waals surface area contributed by atoms with Crippen LogP contribution < -0.4 is 16.0 Å². The van der Waals surface area contributed by atoms with Gasteiger partial charge in [0.2, 0.25) is 5.91 Å². The molecule has 0 radical (unpaired) electrons. The van der Waals surface area contributed by atoms with Crippen LogP contribution in [0.2, 0.25) is 0 Å². The van der Waals surface area contributed by atoms with Crippen molar-refractivity contribution in [2.24, 2.45) is 11.7 Å². The molecule has 0 spiro atoms. The molecule has 4 N–H and O–H groups in total. The topological polar surface area (TPSA) is 109 Å². The van der Waals surface area contributed by atoms with Gasteiger partial charge in [0.15, 0.2) is 0 Å². The highest BCUT2D eigenvalue weighted by Crippen LogP contribution is 2.26. The highest BCUT2D eigenvalue weighted by molar-refractivity contribution is 5.94. The first-order chi connectivity index (χ1) is 13.0. The maximum atomic E-state index is 11.4. The number of carbonyl (C=O) groups is 2. The van der Waals surface area contributed by atoms with Crippen LogP contribution in [-0.4, -0.2) is 41.7 Å². The molecule has 0 atom stereocenters. The molecule has 3 rings (SSSR count). The van der Waals surface area contributed by atoms with E-state index in [1.807, 2.05) is 24.3 Å². The van der Waals surface area contributed by atoms with E-state index in [0.29, 0.717) is 18.0 Å². The Morgan fingerprint density at radius 3 is 2.63 bits per heavy atom. The van der Waals surface area contributed by atoms with Crippen molar-refractivity contribution in [3.8, 4) is 11.3 Å². The third-order valence-electron chi connectivity index (χ3n) is 4.94. The average molecular weight is 368 g/mol. The molecule has 0 bridgehead atoms. The lowest BCUT2D eigenvalue weighted by atomic mass is 9.93. The van der Waals surface area contributed by atoms with Gasteiger partial charge in [0.05, 0.1) is 5.69 Å². The van der Waals surface area contributed by atoms with Crippen molar-refractivity contribution < 1.29 is 14.7 Å². The summed E-state index contributed by atoms with van der Waals surface area (Å²) in [5.41, 5.74) is 7.51. The first-order valence-corrected chi connectivity index (χ1v) is 9.12. The lowest BCUT2D eigenvalue weighted by Crippen LogP contribution is -2.35. The monoisotopic (exact) mass is 368 g/mol. The lowest BCUT2D eigenvalue weighted by Gasteiger charge is -2.33. The number of carboxylic acid groups (broad SMARTS) is 1. The van der Waals surface area contributed by atoms with E-state index in [9.17, 15) is 9.59 Å². The summed E-state index contributed by atoms with van der Waals surface area (Å²) in [5.74, 6) is 0.995. The van der Waals surface area contributed by atoms with Crippen LogP contribution in [0.3, 0.4) is 0 Å². The minimum absolute atomic E-state index is 0.451. The number of aromatic nitrogens is 1. The summed E-state index contributed by atoms with van der Waals surface area (Å²) < 4.78 is 0. The van der Waals surface area contributed by atoms with E-state index in [0.717, 1.165) is 49.4 Å². The Kier molecular flexibility index (Phi) is 5.90. The first-order valence-electron chi connectivity index (χ1n) is 9.12. The number of nitrogens with two attached hydrogens (primary N) is 1. The predicted molar refractivity (Wildman–Crippen MR) is 104 cm³/mol. The molecule has 142 valence electrons. The zero-order valence-electron chi connectivity index (χ0n) is 15.1. The molecule has 1 aromatic heterocycles. The second-order valence-corrected chi connectivity index (χ2v) is 6.78. The quantitative estimate of drug-likeness (QED) is 0.726. The van der Waals surface area contributed by atoms with Crippen LogP contribution in [-0.2, 0) is 0 Å². The van der Waals surface area contributed by atoms with Crippen molar-refractivity contribution in [3.05, 3.63) is 48.0 Å². The van der Waals surface area contributed by atoms with Gasteiger partial charge in [-0.15, -0.1) is 0 Å². The minimum atomic E-state index is -0.964. The van der Waals surface area contributed by atoms with Crippen LogP contribution in [0.5, 0.6) is 0 Å². The van der Waals surface area contributed by atoms with E-state index in [2.05, 4.69) is 10.2 Å². The molecule has 0 unspecified atom stereocenters. The number of hydrogen-bond acceptors (Lipinski definition) is 4. The Hall–Kier alpha value is -3.09. The van der Waals surface area contributed by atoms with Gasteiger partial charge in [-0.3, -0.25) is 4.79 Å². The molecule has 1 aliphatic heterocycles. The number of hydrogen-bond donors (Lipinski definition) is 3. The molecule has 27 heavy (non-hydrogen) atoms. The molecule has 2 amide bonds. The van der Waals surface area contributed by atoms with Gasteiger partial charge in [-0.1, -0.05) is 18.2 Å². The van der Waals surface area contributed by atoms with Crippen LogP contribution in [0.1, 0.15) is 29.6 Å². The van der Waals surface area contributed by atoms with Crippen molar-refractivity contribution in [3.63, 3.8) is 0 Å². The molecule has 7 nitrogen and oxygen atoms in total. The van der Waals surface area contributed by atoms with Crippen molar-refractivity contribution in [1.82, 2.24) is 10.3 Å². The maximum Gasteiger partial charge on any atom is 0.404 e. The zero-order chi connectivity index (χ0) is 19.2. The number of anilines is 1. The zero-order valence-corrected chi connectivity index (χ0v) is 15.1. The lowest BCUT2D eigenvalue weighted by molar-refractivity contribution is 0.1000. The summed E-state index contributed by atoms with van der Waals surface area (Å²) >= 11 is 0. The fourth-order valence-corrected chi connectivity index (χ4v) is 3.43. The third-order valence-corrected chi connectivity index (χ3v) is 4.94. The predicted octanol–water partition coefficient (Wildman–Crippen LogP) is 2.72. The van der Waals surface area contributed by atoms with E-state index in [-0.39, 0.29) is 0 Å². The Labute approximate surface area is 158 Å². The normalized spacial score (nSPS) is 14.7. The first kappa shape index (κ1) is 18.7. The number of piperidine rings is 1. The second kappa shape index (κ2) is 8.53. The van der Waals surface area contributed by atoms with Crippen molar-refractivity contribution in [1.29, 1.82) is 0 Å². The number of primary amides is 1. The second-order valence-electron chi connectivity index (χ2n) is 6.78. The number of benzene rings is 1. The fraction of sp³-hybridized carbons (Fsp3) is 0.350. The van der Waals surface area contributed by atoms with Crippen LogP contribution >= 0.6 is 0 Å². The molecule has 0 aliphatic carbocycles. The number of amides is 2. The molecule has 1 aromatic carbocycles. The van der Waals surface area contributed by atoms with Crippen LogP contribution in [0.4, 0.5) is 10.6 Å². The SMILES string of the molecule is NC(=O)c1cccc(-c2cccc(N3CCC(CCNC(=O)O)CC3)n2)c1. The van der Waals surface area contributed by atoms with Crippen molar-refractivity contribution in [2.75, 3.05) is 24.5 Å². The van der Waals surface area contributed by atoms with Gasteiger partial charge in [-0.2, -0.15) is 0 Å². The van der Waals surface area contributed by atoms with E-state index in [1.54, 1.807) is 18.2 Å². The molecule has 1 fully saturated rings. The number of pyridine rings is 1. The van der Waals surface area contributed by atoms with Gasteiger partial charge in [-0.05, 0) is 49.4 Å². The molecule has 0 saturated carbocycles. The maximum absolute atomic E-state index is 11.4. The number of nitrogens with one attached hydrogen (secondary N) is 1. The summed E-state index contributed by atoms with van der Waals surface area (Å²) in [5, 5.41) is 11.1. The Morgan fingerprint density at radius 1 is 1.19 bits per heavy atom. The number of rotatable bonds is 6. The largest absolute Gasteiger partial charge is 0.465 e. The molecular formula is C20H24N4O3. The van der Waals surface area contributed by atoms with Crippen LogP contribution in [0.25, 0.3) is 11.3 Å². The van der Waals surface area contributed by atoms with E-state index < -0.39 is 12.0 Å². The molecular weight excluding hydrogens is 344 g/mol. The smallest absolute Gasteiger partial charge is 0.404 e. The molecule has 2 aromatic rings. The Morgan fingerprint density at radius 2 is 1.93 bits per heavy atom. The summed E-state index contributed by atoms with van der Waals surface area (Å²) in [4.78, 5) is 28.9. The standard InChI is InChI=1S/C20H24N4O3/c21-19(25)16-4-1-3-15(13-16)17-5-2-6-18(23-17)24-11-8-14(9-12-24)7-10-22-20(26)27/h1-6,13-14,22H,7-12H2,(H2,21,25)(H,26,27). The van der Waals surface area contributed by atoms with Gasteiger partial charge in [0.1, 0.15) is 5.82 Å². The van der Waals surface area contributed by atoms with Gasteiger partial charge in [0, 0.05) is 30.8 Å². The molecule has 1 aliphatic rings.